The topological polar surface area (TPSA) is 135 Å². The summed E-state index contributed by atoms with van der Waals surface area (Å²) in [6.45, 7) is 4.59. The molecule has 0 spiro atoms. The van der Waals surface area contributed by atoms with Crippen molar-refractivity contribution in [2.45, 2.75) is 44.8 Å². The molecule has 216 valence electrons. The van der Waals surface area contributed by atoms with Crippen LogP contribution in [0.1, 0.15) is 26.7 Å². The smallest absolute Gasteiger partial charge is 0.335 e. The molecule has 2 N–H and O–H groups in total. The summed E-state index contributed by atoms with van der Waals surface area (Å²) in [5.74, 6) is 1.15. The first-order chi connectivity index (χ1) is 20.1. The maximum Gasteiger partial charge on any atom is 0.335 e. The molecule has 0 saturated carbocycles. The Labute approximate surface area is 244 Å². The number of carbonyl (C=O) groups is 1. The first kappa shape index (κ1) is 28.6. The summed E-state index contributed by atoms with van der Waals surface area (Å²) in [5.41, 5.74) is 6.86. The SMILES string of the molecule is CN(C)C(C)(C)C=C(C#N)C(=O)N1CCC[C@H]1Cn1c(=O)n(-c2ccc(Oc3ccccc3)cc2)c2c(N)ncnc21. The maximum absolute atomic E-state index is 13.9. The molecule has 42 heavy (non-hydrogen) atoms. The quantitative estimate of drug-likeness (QED) is 0.252. The number of ether oxygens (including phenoxy) is 1. The van der Waals surface area contributed by atoms with Gasteiger partial charge in [0.05, 0.1) is 11.7 Å². The lowest BCUT2D eigenvalue weighted by molar-refractivity contribution is -0.127. The minimum Gasteiger partial charge on any atom is -0.457 e. The highest BCUT2D eigenvalue weighted by Gasteiger charge is 2.33. The fraction of sp³-hybridized carbons (Fsp3) is 0.323. The van der Waals surface area contributed by atoms with Gasteiger partial charge in [-0.2, -0.15) is 5.26 Å². The third-order valence-electron chi connectivity index (χ3n) is 7.84. The largest absolute Gasteiger partial charge is 0.457 e. The van der Waals surface area contributed by atoms with E-state index in [0.717, 1.165) is 6.42 Å². The molecule has 11 nitrogen and oxygen atoms in total. The van der Waals surface area contributed by atoms with Gasteiger partial charge >= 0.3 is 5.69 Å². The molecular formula is C31H34N8O3. The summed E-state index contributed by atoms with van der Waals surface area (Å²) in [6, 6.07) is 18.3. The summed E-state index contributed by atoms with van der Waals surface area (Å²) in [7, 11) is 3.79. The van der Waals surface area contributed by atoms with Crippen LogP contribution < -0.4 is 16.2 Å². The van der Waals surface area contributed by atoms with Gasteiger partial charge in [0.1, 0.15) is 35.0 Å². The molecule has 1 fully saturated rings. The molecule has 1 amide bonds. The summed E-state index contributed by atoms with van der Waals surface area (Å²) in [5, 5.41) is 9.84. The van der Waals surface area contributed by atoms with Gasteiger partial charge < -0.3 is 20.3 Å². The molecule has 4 aromatic rings. The van der Waals surface area contributed by atoms with Crippen LogP contribution in [0.3, 0.4) is 0 Å². The van der Waals surface area contributed by atoms with Gasteiger partial charge in [-0.05, 0) is 83.3 Å². The van der Waals surface area contributed by atoms with Gasteiger partial charge in [-0.1, -0.05) is 18.2 Å². The molecule has 1 atom stereocenters. The molecule has 0 unspecified atom stereocenters. The van der Waals surface area contributed by atoms with Crippen molar-refractivity contribution < 1.29 is 9.53 Å². The van der Waals surface area contributed by atoms with Gasteiger partial charge in [-0.15, -0.1) is 0 Å². The van der Waals surface area contributed by atoms with E-state index < -0.39 is 5.54 Å². The van der Waals surface area contributed by atoms with Crippen molar-refractivity contribution in [2.24, 2.45) is 0 Å². The van der Waals surface area contributed by atoms with E-state index in [1.165, 1.54) is 15.5 Å². The number of para-hydroxylation sites is 1. The number of hydrogen-bond acceptors (Lipinski definition) is 8. The fourth-order valence-electron chi connectivity index (χ4n) is 5.08. The molecule has 3 heterocycles. The third kappa shape index (κ3) is 5.49. The number of nitriles is 1. The number of hydrogen-bond donors (Lipinski definition) is 1. The molecular weight excluding hydrogens is 532 g/mol. The molecule has 2 aromatic heterocycles. The van der Waals surface area contributed by atoms with Gasteiger partial charge in [0.15, 0.2) is 11.5 Å². The Morgan fingerprint density at radius 1 is 1.14 bits per heavy atom. The maximum atomic E-state index is 13.9. The van der Waals surface area contributed by atoms with Crippen LogP contribution in [0.4, 0.5) is 5.82 Å². The molecule has 2 aromatic carbocycles. The fourth-order valence-corrected chi connectivity index (χ4v) is 5.08. The van der Waals surface area contributed by atoms with E-state index in [4.69, 9.17) is 10.5 Å². The predicted molar refractivity (Wildman–Crippen MR) is 160 cm³/mol. The van der Waals surface area contributed by atoms with E-state index in [1.807, 2.05) is 63.2 Å². The van der Waals surface area contributed by atoms with E-state index in [-0.39, 0.29) is 35.6 Å². The highest BCUT2D eigenvalue weighted by Crippen LogP contribution is 2.27. The van der Waals surface area contributed by atoms with Crippen molar-refractivity contribution in [3.05, 3.63) is 83.1 Å². The Balaban J connectivity index is 1.48. The number of carbonyl (C=O) groups excluding carboxylic acids is 1. The Morgan fingerprint density at radius 3 is 2.50 bits per heavy atom. The number of rotatable bonds is 8. The molecule has 0 aliphatic carbocycles. The Bertz CT molecular complexity index is 1730. The number of anilines is 1. The molecule has 0 bridgehead atoms. The van der Waals surface area contributed by atoms with E-state index in [9.17, 15) is 14.9 Å². The summed E-state index contributed by atoms with van der Waals surface area (Å²) < 4.78 is 8.92. The van der Waals surface area contributed by atoms with Crippen LogP contribution in [-0.4, -0.2) is 67.0 Å². The van der Waals surface area contributed by atoms with Gasteiger partial charge in [-0.3, -0.25) is 13.9 Å². The zero-order chi connectivity index (χ0) is 30.0. The zero-order valence-corrected chi connectivity index (χ0v) is 24.2. The lowest BCUT2D eigenvalue weighted by atomic mass is 9.99. The second kappa shape index (κ2) is 11.5. The van der Waals surface area contributed by atoms with Crippen molar-refractivity contribution in [3.63, 3.8) is 0 Å². The lowest BCUT2D eigenvalue weighted by Crippen LogP contribution is -2.42. The molecule has 5 rings (SSSR count). The number of likely N-dealkylation sites (N-methyl/N-ethyl adjacent to an activating group) is 1. The molecule has 1 aliphatic heterocycles. The average molecular weight is 567 g/mol. The first-order valence-electron chi connectivity index (χ1n) is 13.8. The number of nitrogens with two attached hydrogens (primary N) is 1. The zero-order valence-electron chi connectivity index (χ0n) is 24.2. The summed E-state index contributed by atoms with van der Waals surface area (Å²) in [6.07, 6.45) is 4.47. The molecule has 1 saturated heterocycles. The second-order valence-electron chi connectivity index (χ2n) is 11.1. The second-order valence-corrected chi connectivity index (χ2v) is 11.1. The van der Waals surface area contributed by atoms with Crippen LogP contribution in [0.15, 0.2) is 77.4 Å². The van der Waals surface area contributed by atoms with Crippen LogP contribution in [0.5, 0.6) is 11.5 Å². The number of benzene rings is 2. The van der Waals surface area contributed by atoms with Gasteiger partial charge in [-0.25, -0.2) is 14.8 Å². The van der Waals surface area contributed by atoms with Crippen LogP contribution in [0, 0.1) is 11.3 Å². The van der Waals surface area contributed by atoms with Crippen molar-refractivity contribution in [1.29, 1.82) is 5.26 Å². The van der Waals surface area contributed by atoms with Gasteiger partial charge in [0, 0.05) is 18.6 Å². The van der Waals surface area contributed by atoms with Crippen molar-refractivity contribution >= 4 is 22.9 Å². The molecule has 11 heteroatoms. The minimum atomic E-state index is -0.490. The summed E-state index contributed by atoms with van der Waals surface area (Å²) >= 11 is 0. The number of fused-ring (bicyclic) bond motifs is 1. The van der Waals surface area contributed by atoms with Gasteiger partial charge in [0.2, 0.25) is 0 Å². The van der Waals surface area contributed by atoms with Crippen molar-refractivity contribution in [1.82, 2.24) is 28.9 Å². The van der Waals surface area contributed by atoms with E-state index >= 15 is 0 Å². The molecule has 1 aliphatic rings. The first-order valence-corrected chi connectivity index (χ1v) is 13.8. The normalized spacial score (nSPS) is 15.8. The predicted octanol–water partition coefficient (Wildman–Crippen LogP) is 3.74. The molecule has 0 radical (unpaired) electrons. The monoisotopic (exact) mass is 566 g/mol. The van der Waals surface area contributed by atoms with E-state index in [0.29, 0.717) is 41.3 Å². The summed E-state index contributed by atoms with van der Waals surface area (Å²) in [4.78, 5) is 39.6. The number of nitrogens with zero attached hydrogens (tertiary/aromatic N) is 7. The number of likely N-dealkylation sites (tertiary alicyclic amines) is 1. The Hall–Kier alpha value is -4.95. The third-order valence-corrected chi connectivity index (χ3v) is 7.84. The average Bonchev–Trinajstić information content (AvgIpc) is 3.55. The number of nitrogen functional groups attached to an aromatic ring is 1. The van der Waals surface area contributed by atoms with Crippen LogP contribution in [0.25, 0.3) is 16.9 Å². The van der Waals surface area contributed by atoms with Crippen molar-refractivity contribution in [2.75, 3.05) is 26.4 Å². The van der Waals surface area contributed by atoms with Crippen molar-refractivity contribution in [3.8, 4) is 23.3 Å². The van der Waals surface area contributed by atoms with Crippen LogP contribution >= 0.6 is 0 Å². The number of amides is 1. The standard InChI is InChI=1S/C31H34N8O3/c1-31(2,36(3)4)17-21(18-32)29(40)37-16-8-9-23(37)19-38-28-26(27(33)34-20-35-28)39(30(38)41)22-12-14-25(15-13-22)42-24-10-6-5-7-11-24/h5-7,10-15,17,20,23H,8-9,16,19H2,1-4H3,(H2,33,34,35)/t23-/m0/s1. The van der Waals surface area contributed by atoms with E-state index in [1.54, 1.807) is 35.2 Å². The van der Waals surface area contributed by atoms with E-state index in [2.05, 4.69) is 16.0 Å². The Kier molecular flexibility index (Phi) is 7.83. The lowest BCUT2D eigenvalue weighted by Gasteiger charge is -2.30. The number of aromatic nitrogens is 4. The number of imidazole rings is 1. The Morgan fingerprint density at radius 2 is 1.83 bits per heavy atom. The van der Waals surface area contributed by atoms with Crippen LogP contribution in [-0.2, 0) is 11.3 Å². The highest BCUT2D eigenvalue weighted by atomic mass is 16.5. The minimum absolute atomic E-state index is 0.0831. The van der Waals surface area contributed by atoms with Gasteiger partial charge in [0.25, 0.3) is 5.91 Å². The highest BCUT2D eigenvalue weighted by molar-refractivity contribution is 5.97. The van der Waals surface area contributed by atoms with Crippen LogP contribution in [0.2, 0.25) is 0 Å².